The molecule has 0 fully saturated rings. The lowest BCUT2D eigenvalue weighted by molar-refractivity contribution is 0.0924. The highest BCUT2D eigenvalue weighted by Crippen LogP contribution is 2.36. The molecule has 0 saturated carbocycles. The van der Waals surface area contributed by atoms with Gasteiger partial charge < -0.3 is 10.1 Å². The highest BCUT2D eigenvalue weighted by Gasteiger charge is 2.28. The molecule has 0 bridgehead atoms. The van der Waals surface area contributed by atoms with Crippen LogP contribution in [-0.4, -0.2) is 26.5 Å². The second-order valence-electron chi connectivity index (χ2n) is 8.66. The fraction of sp³-hybridized carbons (Fsp3) is 0.409. The number of carbonyl (C=O) groups excluding carboxylic acids is 1. The average Bonchev–Trinajstić information content (AvgIpc) is 2.60. The Morgan fingerprint density at radius 1 is 1.17 bits per heavy atom. The summed E-state index contributed by atoms with van der Waals surface area (Å²) in [5, 5.41) is 3.08. The van der Waals surface area contributed by atoms with Crippen molar-refractivity contribution in [2.24, 2.45) is 0 Å². The van der Waals surface area contributed by atoms with Crippen molar-refractivity contribution >= 4 is 27.5 Å². The van der Waals surface area contributed by atoms with Gasteiger partial charge in [-0.3, -0.25) is 4.79 Å². The monoisotopic (exact) mass is 450 g/mol. The Balaban J connectivity index is 1.90. The zero-order valence-electron chi connectivity index (χ0n) is 17.8. The second-order valence-corrected chi connectivity index (χ2v) is 10.7. The molecule has 1 unspecified atom stereocenters. The van der Waals surface area contributed by atoms with E-state index in [4.69, 9.17) is 16.3 Å². The Labute approximate surface area is 183 Å². The number of hydrogen-bond donors (Lipinski definition) is 2. The molecular formula is C22H27ClN2O4S. The molecule has 2 N–H and O–H groups in total. The van der Waals surface area contributed by atoms with Gasteiger partial charge in [0, 0.05) is 23.1 Å². The summed E-state index contributed by atoms with van der Waals surface area (Å²) in [4.78, 5) is 12.8. The molecule has 0 radical (unpaired) electrons. The third kappa shape index (κ3) is 4.96. The van der Waals surface area contributed by atoms with Crippen molar-refractivity contribution in [3.63, 3.8) is 0 Å². The number of carbonyl (C=O) groups is 1. The number of halogens is 1. The number of hydrogen-bond acceptors (Lipinski definition) is 4. The van der Waals surface area contributed by atoms with Crippen molar-refractivity contribution in [3.05, 3.63) is 57.6 Å². The van der Waals surface area contributed by atoms with Crippen LogP contribution in [0, 0.1) is 13.8 Å². The van der Waals surface area contributed by atoms with Gasteiger partial charge in [-0.15, -0.1) is 0 Å². The van der Waals surface area contributed by atoms with Crippen LogP contribution in [0.3, 0.4) is 0 Å². The molecule has 0 aromatic heterocycles. The smallest absolute Gasteiger partial charge is 0.251 e. The molecule has 6 nitrogen and oxygen atoms in total. The standard InChI is InChI=1S/C22H27ClN2O4S/c1-13-10-14(2)20-16(11-13)18(8-9-29-20)24-21(26)15-6-7-17(23)19(12-15)30(27,28)25-22(3,4)5/h6-7,10-12,18,25H,8-9H2,1-5H3,(H,24,26). The van der Waals surface area contributed by atoms with E-state index < -0.39 is 15.6 Å². The first kappa shape index (κ1) is 22.6. The van der Waals surface area contributed by atoms with Gasteiger partial charge in [-0.2, -0.15) is 0 Å². The summed E-state index contributed by atoms with van der Waals surface area (Å²) in [6, 6.07) is 8.10. The van der Waals surface area contributed by atoms with Crippen LogP contribution in [0.2, 0.25) is 5.02 Å². The van der Waals surface area contributed by atoms with Gasteiger partial charge in [-0.1, -0.05) is 29.3 Å². The first-order chi connectivity index (χ1) is 13.9. The minimum Gasteiger partial charge on any atom is -0.493 e. The molecule has 3 rings (SSSR count). The van der Waals surface area contributed by atoms with E-state index >= 15 is 0 Å². The van der Waals surface area contributed by atoms with Crippen LogP contribution in [0.15, 0.2) is 35.2 Å². The number of benzene rings is 2. The van der Waals surface area contributed by atoms with Gasteiger partial charge in [0.15, 0.2) is 0 Å². The molecule has 0 aliphatic carbocycles. The van der Waals surface area contributed by atoms with E-state index in [0.717, 1.165) is 22.4 Å². The average molecular weight is 451 g/mol. The zero-order chi connectivity index (χ0) is 22.3. The Morgan fingerprint density at radius 3 is 2.53 bits per heavy atom. The summed E-state index contributed by atoms with van der Waals surface area (Å²) < 4.78 is 33.8. The van der Waals surface area contributed by atoms with Gasteiger partial charge >= 0.3 is 0 Å². The van der Waals surface area contributed by atoms with E-state index in [1.165, 1.54) is 18.2 Å². The molecule has 1 aliphatic rings. The molecule has 30 heavy (non-hydrogen) atoms. The predicted octanol–water partition coefficient (Wildman–Crippen LogP) is 4.29. The lowest BCUT2D eigenvalue weighted by atomic mass is 9.95. The zero-order valence-corrected chi connectivity index (χ0v) is 19.4. The van der Waals surface area contributed by atoms with E-state index in [-0.39, 0.29) is 27.4 Å². The number of sulfonamides is 1. The number of ether oxygens (including phenoxy) is 1. The van der Waals surface area contributed by atoms with Crippen LogP contribution in [0.25, 0.3) is 0 Å². The van der Waals surface area contributed by atoms with Gasteiger partial charge in [0.05, 0.1) is 17.7 Å². The van der Waals surface area contributed by atoms with Crippen LogP contribution in [0.5, 0.6) is 5.75 Å². The predicted molar refractivity (Wildman–Crippen MR) is 118 cm³/mol. The molecule has 162 valence electrons. The Bertz CT molecular complexity index is 1090. The molecule has 1 aliphatic heterocycles. The summed E-state index contributed by atoms with van der Waals surface area (Å²) in [5.41, 5.74) is 2.60. The van der Waals surface area contributed by atoms with E-state index in [9.17, 15) is 13.2 Å². The molecular weight excluding hydrogens is 424 g/mol. The molecule has 1 heterocycles. The van der Waals surface area contributed by atoms with E-state index in [1.54, 1.807) is 20.8 Å². The largest absolute Gasteiger partial charge is 0.493 e. The Hall–Kier alpha value is -2.09. The minimum atomic E-state index is -3.88. The lowest BCUT2D eigenvalue weighted by Crippen LogP contribution is -2.40. The van der Waals surface area contributed by atoms with Crippen molar-refractivity contribution in [2.45, 2.75) is 57.5 Å². The van der Waals surface area contributed by atoms with Crippen molar-refractivity contribution in [3.8, 4) is 5.75 Å². The molecule has 1 amide bonds. The van der Waals surface area contributed by atoms with Crippen LogP contribution in [0.4, 0.5) is 0 Å². The van der Waals surface area contributed by atoms with E-state index in [1.807, 2.05) is 26.0 Å². The number of rotatable bonds is 4. The molecule has 0 saturated heterocycles. The van der Waals surface area contributed by atoms with Gasteiger partial charge in [-0.25, -0.2) is 13.1 Å². The summed E-state index contributed by atoms with van der Waals surface area (Å²) >= 11 is 6.14. The highest BCUT2D eigenvalue weighted by molar-refractivity contribution is 7.89. The van der Waals surface area contributed by atoms with Crippen LogP contribution in [0.1, 0.15) is 60.3 Å². The third-order valence-electron chi connectivity index (χ3n) is 4.70. The number of nitrogens with one attached hydrogen (secondary N) is 2. The molecule has 2 aromatic carbocycles. The van der Waals surface area contributed by atoms with Crippen molar-refractivity contribution in [2.75, 3.05) is 6.61 Å². The maximum atomic E-state index is 13.0. The number of fused-ring (bicyclic) bond motifs is 1. The quantitative estimate of drug-likeness (QED) is 0.727. The first-order valence-corrected chi connectivity index (χ1v) is 11.6. The van der Waals surface area contributed by atoms with Crippen molar-refractivity contribution in [1.82, 2.24) is 10.0 Å². The summed E-state index contributed by atoms with van der Waals surface area (Å²) in [6.45, 7) is 9.69. The number of aryl methyl sites for hydroxylation is 2. The molecule has 2 aromatic rings. The fourth-order valence-electron chi connectivity index (χ4n) is 3.58. The lowest BCUT2D eigenvalue weighted by Gasteiger charge is -2.28. The molecule has 8 heteroatoms. The SMILES string of the molecule is Cc1cc(C)c2c(c1)C(NC(=O)c1ccc(Cl)c(S(=O)(=O)NC(C)(C)C)c1)CCO2. The van der Waals surface area contributed by atoms with Crippen LogP contribution < -0.4 is 14.8 Å². The maximum absolute atomic E-state index is 13.0. The Morgan fingerprint density at radius 2 is 1.87 bits per heavy atom. The topological polar surface area (TPSA) is 84.5 Å². The van der Waals surface area contributed by atoms with Gasteiger partial charge in [0.25, 0.3) is 5.91 Å². The van der Waals surface area contributed by atoms with Crippen LogP contribution in [-0.2, 0) is 10.0 Å². The van der Waals surface area contributed by atoms with Crippen molar-refractivity contribution in [1.29, 1.82) is 0 Å². The Kier molecular flexibility index (Phi) is 6.18. The van der Waals surface area contributed by atoms with Crippen LogP contribution >= 0.6 is 11.6 Å². The fourth-order valence-corrected chi connectivity index (χ4v) is 5.52. The molecule has 0 spiro atoms. The second kappa shape index (κ2) is 8.21. The highest BCUT2D eigenvalue weighted by atomic mass is 35.5. The summed E-state index contributed by atoms with van der Waals surface area (Å²) in [5.74, 6) is 0.432. The number of amides is 1. The normalized spacial score (nSPS) is 16.5. The maximum Gasteiger partial charge on any atom is 0.251 e. The van der Waals surface area contributed by atoms with Gasteiger partial charge in [-0.05, 0) is 58.4 Å². The van der Waals surface area contributed by atoms with Crippen molar-refractivity contribution < 1.29 is 17.9 Å². The van der Waals surface area contributed by atoms with Gasteiger partial charge in [0.1, 0.15) is 10.6 Å². The summed E-state index contributed by atoms with van der Waals surface area (Å²) in [7, 11) is -3.88. The molecule has 1 atom stereocenters. The van der Waals surface area contributed by atoms with E-state index in [0.29, 0.717) is 13.0 Å². The summed E-state index contributed by atoms with van der Waals surface area (Å²) in [6.07, 6.45) is 0.631. The van der Waals surface area contributed by atoms with E-state index in [2.05, 4.69) is 10.0 Å². The minimum absolute atomic E-state index is 0.0611. The first-order valence-electron chi connectivity index (χ1n) is 9.76. The third-order valence-corrected chi connectivity index (χ3v) is 6.94. The van der Waals surface area contributed by atoms with Gasteiger partial charge in [0.2, 0.25) is 10.0 Å².